The van der Waals surface area contributed by atoms with E-state index in [1.165, 1.54) is 10.9 Å². The molecule has 1 heterocycles. The first-order valence-electron chi connectivity index (χ1n) is 3.77. The normalized spacial score (nSPS) is 10.9. The number of benzene rings is 1. The Kier molecular flexibility index (Phi) is 1.68. The number of rotatable bonds is 0. The molecule has 0 unspecified atom stereocenters. The van der Waals surface area contributed by atoms with E-state index >= 15 is 0 Å². The summed E-state index contributed by atoms with van der Waals surface area (Å²) in [5, 5.41) is 5.51. The van der Waals surface area contributed by atoms with E-state index in [-0.39, 0.29) is 0 Å². The lowest BCUT2D eigenvalue weighted by atomic mass is 10.2. The van der Waals surface area contributed by atoms with Crippen LogP contribution >= 0.6 is 15.9 Å². The van der Waals surface area contributed by atoms with Crippen molar-refractivity contribution in [1.29, 1.82) is 0 Å². The molecule has 62 valence electrons. The molecule has 12 heavy (non-hydrogen) atoms. The fraction of sp³-hybridized carbons (Fsp3) is 0.222. The van der Waals surface area contributed by atoms with Crippen molar-refractivity contribution in [2.24, 2.45) is 7.05 Å². The van der Waals surface area contributed by atoms with Crippen LogP contribution in [-0.4, -0.2) is 9.78 Å². The minimum atomic E-state index is 1.04. The number of aromatic nitrogens is 2. The molecule has 0 bridgehead atoms. The third-order valence-corrected chi connectivity index (χ3v) is 2.86. The first-order valence-corrected chi connectivity index (χ1v) is 4.56. The van der Waals surface area contributed by atoms with Crippen LogP contribution in [0.3, 0.4) is 0 Å². The van der Waals surface area contributed by atoms with E-state index in [1.54, 1.807) is 0 Å². The molecule has 0 fully saturated rings. The van der Waals surface area contributed by atoms with Crippen molar-refractivity contribution in [3.8, 4) is 0 Å². The van der Waals surface area contributed by atoms with E-state index in [9.17, 15) is 0 Å². The highest BCUT2D eigenvalue weighted by atomic mass is 79.9. The Hall–Kier alpha value is -0.830. The van der Waals surface area contributed by atoms with Crippen molar-refractivity contribution in [2.75, 3.05) is 0 Å². The number of aryl methyl sites for hydroxylation is 2. The largest absolute Gasteiger partial charge is 0.260 e. The molecule has 0 amide bonds. The molecule has 0 aliphatic carbocycles. The van der Waals surface area contributed by atoms with Gasteiger partial charge in [-0.25, -0.2) is 0 Å². The van der Waals surface area contributed by atoms with Crippen molar-refractivity contribution in [3.05, 3.63) is 28.4 Å². The van der Waals surface area contributed by atoms with Crippen LogP contribution < -0.4 is 0 Å². The maximum atomic E-state index is 4.34. The maximum absolute atomic E-state index is 4.34. The van der Waals surface area contributed by atoms with E-state index in [4.69, 9.17) is 0 Å². The van der Waals surface area contributed by atoms with Crippen molar-refractivity contribution in [3.63, 3.8) is 0 Å². The monoisotopic (exact) mass is 224 g/mol. The average Bonchev–Trinajstić information content (AvgIpc) is 2.28. The van der Waals surface area contributed by atoms with Crippen LogP contribution in [0.25, 0.3) is 10.9 Å². The molecule has 0 atom stereocenters. The highest BCUT2D eigenvalue weighted by Crippen LogP contribution is 2.23. The number of hydrogen-bond donors (Lipinski definition) is 0. The van der Waals surface area contributed by atoms with Gasteiger partial charge in [-0.15, -0.1) is 0 Å². The number of fused-ring (bicyclic) bond motifs is 1. The number of nitrogens with zero attached hydrogens (tertiary/aromatic N) is 2. The maximum Gasteiger partial charge on any atom is 0.111 e. The fourth-order valence-corrected chi connectivity index (χ4v) is 1.69. The topological polar surface area (TPSA) is 17.8 Å². The van der Waals surface area contributed by atoms with Crippen LogP contribution in [0, 0.1) is 6.92 Å². The lowest BCUT2D eigenvalue weighted by Gasteiger charge is -1.90. The quantitative estimate of drug-likeness (QED) is 0.673. The van der Waals surface area contributed by atoms with Gasteiger partial charge in [0.25, 0.3) is 0 Å². The van der Waals surface area contributed by atoms with E-state index in [0.717, 1.165) is 10.1 Å². The van der Waals surface area contributed by atoms with E-state index in [2.05, 4.69) is 46.2 Å². The van der Waals surface area contributed by atoms with Crippen LogP contribution in [-0.2, 0) is 7.05 Å². The Morgan fingerprint density at radius 3 is 2.92 bits per heavy atom. The first kappa shape index (κ1) is 7.80. The van der Waals surface area contributed by atoms with Gasteiger partial charge in [0, 0.05) is 12.4 Å². The summed E-state index contributed by atoms with van der Waals surface area (Å²) >= 11 is 3.48. The summed E-state index contributed by atoms with van der Waals surface area (Å²) in [6.45, 7) is 2.07. The van der Waals surface area contributed by atoms with Gasteiger partial charge in [0.1, 0.15) is 4.60 Å². The second-order valence-corrected chi connectivity index (χ2v) is 3.69. The summed E-state index contributed by atoms with van der Waals surface area (Å²) < 4.78 is 2.88. The molecule has 2 nitrogen and oxygen atoms in total. The van der Waals surface area contributed by atoms with Gasteiger partial charge in [-0.2, -0.15) is 5.10 Å². The van der Waals surface area contributed by atoms with Crippen LogP contribution in [0.5, 0.6) is 0 Å². The van der Waals surface area contributed by atoms with Gasteiger partial charge in [0.05, 0.1) is 5.52 Å². The second kappa shape index (κ2) is 2.59. The first-order chi connectivity index (χ1) is 5.68. The van der Waals surface area contributed by atoms with E-state index < -0.39 is 0 Å². The fourth-order valence-electron chi connectivity index (χ4n) is 1.28. The lowest BCUT2D eigenvalue weighted by Crippen LogP contribution is -1.88. The minimum absolute atomic E-state index is 1.04. The van der Waals surface area contributed by atoms with Gasteiger partial charge in [-0.1, -0.05) is 6.07 Å². The highest BCUT2D eigenvalue weighted by molar-refractivity contribution is 9.10. The molecule has 0 N–H and O–H groups in total. The zero-order chi connectivity index (χ0) is 8.72. The summed E-state index contributed by atoms with van der Waals surface area (Å²) in [5.74, 6) is 0. The number of hydrogen-bond acceptors (Lipinski definition) is 1. The Morgan fingerprint density at radius 1 is 1.42 bits per heavy atom. The summed E-state index contributed by atoms with van der Waals surface area (Å²) in [7, 11) is 1.93. The molecule has 0 spiro atoms. The molecular formula is C9H9BrN2. The SMILES string of the molecule is Cc1ccc2c(Br)n(C)nc2c1. The predicted octanol–water partition coefficient (Wildman–Crippen LogP) is 2.64. The Balaban J connectivity index is 2.87. The highest BCUT2D eigenvalue weighted by Gasteiger charge is 2.04. The van der Waals surface area contributed by atoms with Crippen LogP contribution in [0.1, 0.15) is 5.56 Å². The summed E-state index contributed by atoms with van der Waals surface area (Å²) in [4.78, 5) is 0. The van der Waals surface area contributed by atoms with Crippen molar-refractivity contribution in [2.45, 2.75) is 6.92 Å². The van der Waals surface area contributed by atoms with Gasteiger partial charge in [0.2, 0.25) is 0 Å². The molecule has 3 heteroatoms. The number of halogens is 1. The predicted molar refractivity (Wildman–Crippen MR) is 53.2 cm³/mol. The molecule has 2 aromatic rings. The Morgan fingerprint density at radius 2 is 2.17 bits per heavy atom. The smallest absolute Gasteiger partial charge is 0.111 e. The molecule has 2 rings (SSSR count). The second-order valence-electron chi connectivity index (χ2n) is 2.94. The lowest BCUT2D eigenvalue weighted by molar-refractivity contribution is 0.761. The van der Waals surface area contributed by atoms with Gasteiger partial charge < -0.3 is 0 Å². The van der Waals surface area contributed by atoms with Crippen LogP contribution in [0.2, 0.25) is 0 Å². The molecule has 1 aromatic heterocycles. The summed E-state index contributed by atoms with van der Waals surface area (Å²) in [5.41, 5.74) is 2.29. The molecular weight excluding hydrogens is 216 g/mol. The third-order valence-electron chi connectivity index (χ3n) is 1.92. The van der Waals surface area contributed by atoms with Gasteiger partial charge in [0.15, 0.2) is 0 Å². The Labute approximate surface area is 79.3 Å². The molecule has 0 aliphatic heterocycles. The summed E-state index contributed by atoms with van der Waals surface area (Å²) in [6, 6.07) is 6.26. The van der Waals surface area contributed by atoms with Gasteiger partial charge in [-0.3, -0.25) is 4.68 Å². The third kappa shape index (κ3) is 1.05. The average molecular weight is 225 g/mol. The Bertz CT molecular complexity index is 431. The molecule has 0 saturated carbocycles. The standard InChI is InChI=1S/C9H9BrN2/c1-6-3-4-7-8(5-6)11-12(2)9(7)10/h3-5H,1-2H3. The zero-order valence-corrected chi connectivity index (χ0v) is 8.59. The van der Waals surface area contributed by atoms with Crippen LogP contribution in [0.4, 0.5) is 0 Å². The van der Waals surface area contributed by atoms with Crippen molar-refractivity contribution < 1.29 is 0 Å². The molecule has 0 saturated heterocycles. The zero-order valence-electron chi connectivity index (χ0n) is 7.00. The van der Waals surface area contributed by atoms with Crippen molar-refractivity contribution >= 4 is 26.8 Å². The van der Waals surface area contributed by atoms with E-state index in [0.29, 0.717) is 0 Å². The molecule has 1 aromatic carbocycles. The van der Waals surface area contributed by atoms with Crippen LogP contribution in [0.15, 0.2) is 22.8 Å². The summed E-state index contributed by atoms with van der Waals surface area (Å²) in [6.07, 6.45) is 0. The van der Waals surface area contributed by atoms with Gasteiger partial charge in [-0.05, 0) is 40.5 Å². The minimum Gasteiger partial charge on any atom is -0.260 e. The van der Waals surface area contributed by atoms with Crippen molar-refractivity contribution in [1.82, 2.24) is 9.78 Å². The van der Waals surface area contributed by atoms with E-state index in [1.807, 2.05) is 11.7 Å². The van der Waals surface area contributed by atoms with Gasteiger partial charge >= 0.3 is 0 Å². The molecule has 0 aliphatic rings. The molecule has 0 radical (unpaired) electrons.